The van der Waals surface area contributed by atoms with Gasteiger partial charge in [0, 0.05) is 7.05 Å². The third kappa shape index (κ3) is 1.43. The molecule has 7 heteroatoms. The zero-order chi connectivity index (χ0) is 10.0. The van der Waals surface area contributed by atoms with Gasteiger partial charge in [0.1, 0.15) is 11.5 Å². The van der Waals surface area contributed by atoms with E-state index in [1.165, 1.54) is 7.05 Å². The molecule has 1 amide bonds. The first-order chi connectivity index (χ1) is 6.07. The van der Waals surface area contributed by atoms with Crippen molar-refractivity contribution in [1.82, 2.24) is 9.55 Å². The highest BCUT2D eigenvalue weighted by Crippen LogP contribution is 2.03. The maximum Gasteiger partial charge on any atom is 0.329 e. The van der Waals surface area contributed by atoms with Crippen molar-refractivity contribution < 1.29 is 4.79 Å². The summed E-state index contributed by atoms with van der Waals surface area (Å²) in [5.74, 6) is -0.153. The maximum absolute atomic E-state index is 11.2. The molecule has 0 radical (unpaired) electrons. The Labute approximate surface area is 72.2 Å². The predicted octanol–water partition coefficient (Wildman–Crippen LogP) is -1.78. The van der Waals surface area contributed by atoms with E-state index in [0.717, 1.165) is 4.57 Å². The topological polar surface area (TPSA) is 110 Å². The average molecular weight is 184 g/mol. The quantitative estimate of drug-likeness (QED) is 0.472. The molecule has 70 valence electrons. The van der Waals surface area contributed by atoms with Gasteiger partial charge >= 0.3 is 5.69 Å². The molecule has 4 N–H and O–H groups in total. The number of amides is 1. The van der Waals surface area contributed by atoms with Crippen molar-refractivity contribution >= 4 is 17.9 Å². The van der Waals surface area contributed by atoms with Gasteiger partial charge in [0.05, 0.1) is 0 Å². The van der Waals surface area contributed by atoms with Gasteiger partial charge in [-0.25, -0.2) is 4.79 Å². The van der Waals surface area contributed by atoms with E-state index in [2.05, 4.69) is 10.3 Å². The number of rotatable bonds is 2. The summed E-state index contributed by atoms with van der Waals surface area (Å²) in [7, 11) is 1.27. The number of nitrogens with one attached hydrogen (secondary N) is 2. The van der Waals surface area contributed by atoms with Crippen LogP contribution in [-0.2, 0) is 11.8 Å². The Morgan fingerprint density at radius 2 is 2.15 bits per heavy atom. The Morgan fingerprint density at radius 3 is 2.69 bits per heavy atom. The molecule has 7 nitrogen and oxygen atoms in total. The van der Waals surface area contributed by atoms with Crippen LogP contribution in [0.3, 0.4) is 0 Å². The second-order valence-electron chi connectivity index (χ2n) is 2.35. The van der Waals surface area contributed by atoms with Crippen molar-refractivity contribution in [2.45, 2.75) is 0 Å². The van der Waals surface area contributed by atoms with Gasteiger partial charge in [-0.05, 0) is 0 Å². The van der Waals surface area contributed by atoms with Crippen molar-refractivity contribution in [1.29, 1.82) is 0 Å². The number of nitrogens with zero attached hydrogens (tertiary/aromatic N) is 1. The Hall–Kier alpha value is -2.05. The fourth-order valence-electron chi connectivity index (χ4n) is 0.835. The van der Waals surface area contributed by atoms with Crippen LogP contribution in [0.4, 0.5) is 11.5 Å². The molecule has 0 aromatic carbocycles. The molecular formula is C6H8N4O3. The first kappa shape index (κ1) is 9.04. The Morgan fingerprint density at radius 1 is 1.54 bits per heavy atom. The zero-order valence-corrected chi connectivity index (χ0v) is 6.83. The van der Waals surface area contributed by atoms with Crippen LogP contribution in [0.15, 0.2) is 9.59 Å². The minimum Gasteiger partial charge on any atom is -0.383 e. The third-order valence-corrected chi connectivity index (χ3v) is 1.54. The van der Waals surface area contributed by atoms with E-state index in [0.29, 0.717) is 6.41 Å². The van der Waals surface area contributed by atoms with Gasteiger partial charge in [0.15, 0.2) is 0 Å². The van der Waals surface area contributed by atoms with Gasteiger partial charge in [-0.15, -0.1) is 0 Å². The van der Waals surface area contributed by atoms with Gasteiger partial charge in [-0.2, -0.15) is 0 Å². The van der Waals surface area contributed by atoms with Crippen molar-refractivity contribution in [3.63, 3.8) is 0 Å². The summed E-state index contributed by atoms with van der Waals surface area (Å²) < 4.78 is 0.808. The van der Waals surface area contributed by atoms with E-state index in [-0.39, 0.29) is 11.5 Å². The number of hydrogen-bond donors (Lipinski definition) is 3. The van der Waals surface area contributed by atoms with Crippen molar-refractivity contribution in [2.75, 3.05) is 11.1 Å². The molecule has 0 saturated carbocycles. The lowest BCUT2D eigenvalue weighted by Gasteiger charge is -2.03. The molecule has 0 atom stereocenters. The molecular weight excluding hydrogens is 176 g/mol. The normalized spacial score (nSPS) is 9.62. The van der Waals surface area contributed by atoms with Crippen LogP contribution >= 0.6 is 0 Å². The van der Waals surface area contributed by atoms with E-state index in [4.69, 9.17) is 5.73 Å². The largest absolute Gasteiger partial charge is 0.383 e. The molecule has 0 bridgehead atoms. The Bertz CT molecular complexity index is 444. The van der Waals surface area contributed by atoms with Crippen molar-refractivity contribution in [3.8, 4) is 0 Å². The summed E-state index contributed by atoms with van der Waals surface area (Å²) in [5, 5.41) is 2.10. The van der Waals surface area contributed by atoms with Crippen LogP contribution in [0.2, 0.25) is 0 Å². The van der Waals surface area contributed by atoms with Crippen LogP contribution in [0.5, 0.6) is 0 Å². The molecule has 1 aromatic rings. The highest BCUT2D eigenvalue weighted by molar-refractivity contribution is 5.76. The first-order valence-corrected chi connectivity index (χ1v) is 3.37. The number of carbonyl (C=O) groups is 1. The van der Waals surface area contributed by atoms with Crippen LogP contribution in [0, 0.1) is 0 Å². The maximum atomic E-state index is 11.2. The monoisotopic (exact) mass is 184 g/mol. The zero-order valence-electron chi connectivity index (χ0n) is 6.83. The molecule has 13 heavy (non-hydrogen) atoms. The van der Waals surface area contributed by atoms with E-state index < -0.39 is 11.2 Å². The number of hydrogen-bond acceptors (Lipinski definition) is 4. The summed E-state index contributed by atoms with van der Waals surface area (Å²) in [6.45, 7) is 0. The van der Waals surface area contributed by atoms with Crippen molar-refractivity contribution in [3.05, 3.63) is 20.8 Å². The summed E-state index contributed by atoms with van der Waals surface area (Å²) in [4.78, 5) is 34.4. The number of aromatic amines is 1. The van der Waals surface area contributed by atoms with E-state index in [9.17, 15) is 14.4 Å². The highest BCUT2D eigenvalue weighted by Gasteiger charge is 2.07. The summed E-state index contributed by atoms with van der Waals surface area (Å²) in [6.07, 6.45) is 0.311. The summed E-state index contributed by atoms with van der Waals surface area (Å²) in [6, 6.07) is 0. The van der Waals surface area contributed by atoms with Gasteiger partial charge in [0.2, 0.25) is 6.41 Å². The number of anilines is 2. The fraction of sp³-hybridized carbons (Fsp3) is 0.167. The minimum absolute atomic E-state index is 0.128. The molecule has 0 saturated heterocycles. The second kappa shape index (κ2) is 3.13. The molecule has 1 aromatic heterocycles. The standard InChI is InChI=1S/C6H8N4O3/c1-10-5(12)3(8-2-11)4(7)9-6(10)13/h2H,7H2,1H3,(H,8,11)(H,9,13). The second-order valence-corrected chi connectivity index (χ2v) is 2.35. The Balaban J connectivity index is 3.53. The van der Waals surface area contributed by atoms with Crippen LogP contribution in [0.1, 0.15) is 0 Å². The van der Waals surface area contributed by atoms with Crippen molar-refractivity contribution in [2.24, 2.45) is 7.05 Å². The number of H-pyrrole nitrogens is 1. The number of nitrogens with two attached hydrogens (primary N) is 1. The fourth-order valence-corrected chi connectivity index (χ4v) is 0.835. The summed E-state index contributed by atoms with van der Waals surface area (Å²) >= 11 is 0. The molecule has 0 fully saturated rings. The molecule has 0 aliphatic carbocycles. The van der Waals surface area contributed by atoms with E-state index >= 15 is 0 Å². The molecule has 0 aliphatic rings. The SMILES string of the molecule is Cn1c(=O)[nH]c(N)c(NC=O)c1=O. The van der Waals surface area contributed by atoms with Gasteiger partial charge in [-0.1, -0.05) is 0 Å². The van der Waals surface area contributed by atoms with Gasteiger partial charge in [-0.3, -0.25) is 19.1 Å². The minimum atomic E-state index is -0.645. The van der Waals surface area contributed by atoms with Crippen LogP contribution in [0.25, 0.3) is 0 Å². The third-order valence-electron chi connectivity index (χ3n) is 1.54. The number of nitrogen functional groups attached to an aromatic ring is 1. The van der Waals surface area contributed by atoms with Crippen LogP contribution in [-0.4, -0.2) is 16.0 Å². The molecule has 0 unspecified atom stereocenters. The van der Waals surface area contributed by atoms with E-state index in [1.54, 1.807) is 0 Å². The highest BCUT2D eigenvalue weighted by atomic mass is 16.2. The molecule has 0 spiro atoms. The predicted molar refractivity (Wildman–Crippen MR) is 46.4 cm³/mol. The van der Waals surface area contributed by atoms with Gasteiger partial charge in [0.25, 0.3) is 5.56 Å². The average Bonchev–Trinajstić information content (AvgIpc) is 2.09. The molecule has 1 heterocycles. The lowest BCUT2D eigenvalue weighted by atomic mass is 10.4. The van der Waals surface area contributed by atoms with Gasteiger partial charge < -0.3 is 11.1 Å². The lowest BCUT2D eigenvalue weighted by molar-refractivity contribution is -0.105. The molecule has 1 rings (SSSR count). The number of aromatic nitrogens is 2. The first-order valence-electron chi connectivity index (χ1n) is 3.37. The smallest absolute Gasteiger partial charge is 0.329 e. The molecule has 0 aliphatic heterocycles. The number of carbonyl (C=O) groups excluding carboxylic acids is 1. The Kier molecular flexibility index (Phi) is 2.18. The lowest BCUT2D eigenvalue weighted by Crippen LogP contribution is -2.35. The summed E-state index contributed by atoms with van der Waals surface area (Å²) in [5.41, 5.74) is 3.89. The van der Waals surface area contributed by atoms with Crippen LogP contribution < -0.4 is 22.3 Å². The van der Waals surface area contributed by atoms with E-state index in [1.807, 2.05) is 0 Å².